The Kier molecular flexibility index (Phi) is 2.77. The number of alkyl halides is 4. The molecule has 0 fully saturated rings. The fourth-order valence-electron chi connectivity index (χ4n) is 0.941. The van der Waals surface area contributed by atoms with Crippen LogP contribution in [-0.4, -0.2) is 17.8 Å². The van der Waals surface area contributed by atoms with Gasteiger partial charge < -0.3 is 0 Å². The van der Waals surface area contributed by atoms with Crippen LogP contribution < -0.4 is 0 Å². The molecule has 5 heteroatoms. The summed E-state index contributed by atoms with van der Waals surface area (Å²) in [5, 5.41) is 0. The van der Waals surface area contributed by atoms with Gasteiger partial charge in [0.25, 0.3) is 0 Å². The van der Waals surface area contributed by atoms with Crippen molar-refractivity contribution in [1.29, 1.82) is 0 Å². The molecule has 0 aromatic rings. The Bertz CT molecular complexity index is 219. The van der Waals surface area contributed by atoms with Gasteiger partial charge in [-0.3, -0.25) is 4.99 Å². The molecule has 1 aliphatic heterocycles. The Morgan fingerprint density at radius 3 is 2.75 bits per heavy atom. The molecule has 0 aromatic heterocycles. The molecule has 1 rings (SSSR count). The molecule has 1 aliphatic rings. The maximum atomic E-state index is 12.1. The van der Waals surface area contributed by atoms with Gasteiger partial charge in [-0.1, -0.05) is 6.08 Å². The van der Waals surface area contributed by atoms with Crippen LogP contribution >= 0.6 is 11.6 Å². The first-order valence-corrected chi connectivity index (χ1v) is 3.92. The van der Waals surface area contributed by atoms with Gasteiger partial charge in [0.15, 0.2) is 0 Å². The second-order valence-electron chi connectivity index (χ2n) is 2.52. The van der Waals surface area contributed by atoms with Crippen LogP contribution in [0.2, 0.25) is 0 Å². The molecule has 0 aliphatic carbocycles. The van der Waals surface area contributed by atoms with E-state index in [-0.39, 0.29) is 12.3 Å². The van der Waals surface area contributed by atoms with Gasteiger partial charge in [-0.2, -0.15) is 13.2 Å². The highest BCUT2D eigenvalue weighted by Gasteiger charge is 2.38. The molecular weight excluding hydrogens is 191 g/mol. The molecular formula is C7H7ClF3N. The molecule has 0 amide bonds. The second kappa shape index (κ2) is 3.47. The van der Waals surface area contributed by atoms with E-state index in [0.717, 1.165) is 6.08 Å². The number of allylic oxidation sites excluding steroid dienone is 1. The van der Waals surface area contributed by atoms with Gasteiger partial charge in [0.2, 0.25) is 0 Å². The predicted molar refractivity (Wildman–Crippen MR) is 41.5 cm³/mol. The third-order valence-corrected chi connectivity index (χ3v) is 1.91. The molecule has 1 unspecified atom stereocenters. The Morgan fingerprint density at radius 2 is 2.25 bits per heavy atom. The van der Waals surface area contributed by atoms with Crippen molar-refractivity contribution in [3.05, 3.63) is 12.3 Å². The van der Waals surface area contributed by atoms with Crippen molar-refractivity contribution in [2.75, 3.05) is 5.88 Å². The van der Waals surface area contributed by atoms with Crippen LogP contribution in [0.4, 0.5) is 13.2 Å². The van der Waals surface area contributed by atoms with E-state index in [1.165, 1.54) is 6.20 Å². The fraction of sp³-hybridized carbons (Fsp3) is 0.571. The standard InChI is InChI=1S/C7H7ClF3N/c8-4-6-3-5(1-2-12-6)7(9,10)11/h1-2,5H,3-4H2. The summed E-state index contributed by atoms with van der Waals surface area (Å²) in [5.74, 6) is -1.35. The van der Waals surface area contributed by atoms with Crippen LogP contribution in [0, 0.1) is 5.92 Å². The number of rotatable bonds is 1. The van der Waals surface area contributed by atoms with E-state index in [1.54, 1.807) is 0 Å². The maximum Gasteiger partial charge on any atom is 0.395 e. The molecule has 0 N–H and O–H groups in total. The Morgan fingerprint density at radius 1 is 1.58 bits per heavy atom. The molecule has 0 spiro atoms. The topological polar surface area (TPSA) is 12.4 Å². The average Bonchev–Trinajstić information content (AvgIpc) is 2.03. The lowest BCUT2D eigenvalue weighted by Crippen LogP contribution is -2.25. The molecule has 0 saturated carbocycles. The van der Waals surface area contributed by atoms with E-state index in [9.17, 15) is 13.2 Å². The van der Waals surface area contributed by atoms with Crippen LogP contribution in [0.3, 0.4) is 0 Å². The lowest BCUT2D eigenvalue weighted by Gasteiger charge is -2.18. The van der Waals surface area contributed by atoms with Crippen LogP contribution in [0.25, 0.3) is 0 Å². The number of hydrogen-bond donors (Lipinski definition) is 0. The summed E-state index contributed by atoms with van der Waals surface area (Å²) in [4.78, 5) is 3.72. The molecule has 1 atom stereocenters. The molecule has 1 nitrogen and oxygen atoms in total. The van der Waals surface area contributed by atoms with Gasteiger partial charge in [0.1, 0.15) is 0 Å². The third-order valence-electron chi connectivity index (χ3n) is 1.61. The summed E-state index contributed by atoms with van der Waals surface area (Å²) < 4.78 is 36.3. The minimum Gasteiger partial charge on any atom is -0.265 e. The first kappa shape index (κ1) is 9.58. The Labute approximate surface area is 72.9 Å². The monoisotopic (exact) mass is 197 g/mol. The minimum absolute atomic E-state index is 0.0664. The van der Waals surface area contributed by atoms with Gasteiger partial charge in [0.05, 0.1) is 11.8 Å². The zero-order valence-electron chi connectivity index (χ0n) is 6.11. The van der Waals surface area contributed by atoms with E-state index < -0.39 is 12.1 Å². The number of aliphatic imine (C=N–C) groups is 1. The number of hydrogen-bond acceptors (Lipinski definition) is 1. The summed E-state index contributed by atoms with van der Waals surface area (Å²) in [7, 11) is 0. The molecule has 1 heterocycles. The molecule has 0 saturated heterocycles. The summed E-state index contributed by atoms with van der Waals surface area (Å²) in [5.41, 5.74) is 0.390. The van der Waals surface area contributed by atoms with Crippen molar-refractivity contribution < 1.29 is 13.2 Å². The number of halogens is 4. The van der Waals surface area contributed by atoms with Crippen molar-refractivity contribution in [1.82, 2.24) is 0 Å². The van der Waals surface area contributed by atoms with Crippen molar-refractivity contribution in [3.8, 4) is 0 Å². The minimum atomic E-state index is -4.18. The molecule has 68 valence electrons. The smallest absolute Gasteiger partial charge is 0.265 e. The lowest BCUT2D eigenvalue weighted by molar-refractivity contribution is -0.159. The van der Waals surface area contributed by atoms with Crippen molar-refractivity contribution in [2.24, 2.45) is 10.9 Å². The first-order valence-electron chi connectivity index (χ1n) is 3.39. The number of nitrogens with zero attached hydrogens (tertiary/aromatic N) is 1. The summed E-state index contributed by atoms with van der Waals surface area (Å²) in [6, 6.07) is 0. The quantitative estimate of drug-likeness (QED) is 0.574. The van der Waals surface area contributed by atoms with E-state index in [1.807, 2.05) is 0 Å². The summed E-state index contributed by atoms with van der Waals surface area (Å²) >= 11 is 5.36. The average molecular weight is 198 g/mol. The highest BCUT2D eigenvalue weighted by Crippen LogP contribution is 2.31. The van der Waals surface area contributed by atoms with E-state index in [4.69, 9.17) is 11.6 Å². The van der Waals surface area contributed by atoms with Gasteiger partial charge in [-0.15, -0.1) is 11.6 Å². The van der Waals surface area contributed by atoms with Crippen LogP contribution in [0.15, 0.2) is 17.3 Å². The summed E-state index contributed by atoms with van der Waals surface area (Å²) in [6.45, 7) is 0. The largest absolute Gasteiger partial charge is 0.395 e. The summed E-state index contributed by atoms with van der Waals surface area (Å²) in [6.07, 6.45) is -2.07. The van der Waals surface area contributed by atoms with E-state index in [0.29, 0.717) is 5.71 Å². The predicted octanol–water partition coefficient (Wildman–Crippen LogP) is 2.76. The van der Waals surface area contributed by atoms with Crippen LogP contribution in [0.5, 0.6) is 0 Å². The van der Waals surface area contributed by atoms with E-state index in [2.05, 4.69) is 4.99 Å². The highest BCUT2D eigenvalue weighted by molar-refractivity contribution is 6.28. The highest BCUT2D eigenvalue weighted by atomic mass is 35.5. The normalized spacial score (nSPS) is 24.0. The van der Waals surface area contributed by atoms with Crippen molar-refractivity contribution >= 4 is 17.3 Å². The fourth-order valence-corrected chi connectivity index (χ4v) is 1.12. The van der Waals surface area contributed by atoms with Gasteiger partial charge in [0, 0.05) is 18.3 Å². The second-order valence-corrected chi connectivity index (χ2v) is 2.79. The first-order chi connectivity index (χ1) is 5.54. The molecule has 0 bridgehead atoms. The molecule has 0 radical (unpaired) electrons. The van der Waals surface area contributed by atoms with Crippen LogP contribution in [-0.2, 0) is 0 Å². The van der Waals surface area contributed by atoms with E-state index >= 15 is 0 Å². The van der Waals surface area contributed by atoms with Crippen LogP contribution in [0.1, 0.15) is 6.42 Å². The zero-order valence-corrected chi connectivity index (χ0v) is 6.86. The Hall–Kier alpha value is -0.510. The van der Waals surface area contributed by atoms with Gasteiger partial charge in [-0.05, 0) is 0 Å². The zero-order chi connectivity index (χ0) is 9.19. The lowest BCUT2D eigenvalue weighted by atomic mass is 10.0. The SMILES string of the molecule is FC(F)(F)C1C=CN=C(CCl)C1. The molecule has 12 heavy (non-hydrogen) atoms. The third kappa shape index (κ3) is 2.24. The Balaban J connectivity index is 2.65. The maximum absolute atomic E-state index is 12.1. The van der Waals surface area contributed by atoms with Gasteiger partial charge >= 0.3 is 6.18 Å². The molecule has 0 aromatic carbocycles. The van der Waals surface area contributed by atoms with Gasteiger partial charge in [-0.25, -0.2) is 0 Å². The van der Waals surface area contributed by atoms with Crippen molar-refractivity contribution in [2.45, 2.75) is 12.6 Å². The van der Waals surface area contributed by atoms with Crippen molar-refractivity contribution in [3.63, 3.8) is 0 Å².